The lowest BCUT2D eigenvalue weighted by molar-refractivity contribution is 0.927. The van der Waals surface area contributed by atoms with Crippen LogP contribution in [0.15, 0.2) is 48.8 Å². The molecule has 1 aromatic carbocycles. The molecule has 0 saturated carbocycles. The van der Waals surface area contributed by atoms with Gasteiger partial charge in [-0.1, -0.05) is 36.4 Å². The largest absolute Gasteiger partial charge is 0.236 e. The topological polar surface area (TPSA) is 54.0 Å². The van der Waals surface area contributed by atoms with Crippen molar-refractivity contribution in [2.75, 3.05) is 0 Å². The van der Waals surface area contributed by atoms with Crippen LogP contribution < -0.4 is 0 Å². The van der Waals surface area contributed by atoms with Gasteiger partial charge in [0.1, 0.15) is 11.6 Å². The molecule has 2 heterocycles. The second-order valence-electron chi connectivity index (χ2n) is 4.02. The molecule has 19 heavy (non-hydrogen) atoms. The van der Waals surface area contributed by atoms with Gasteiger partial charge in [0.2, 0.25) is 0 Å². The first-order chi connectivity index (χ1) is 9.38. The number of aromatic nitrogens is 3. The van der Waals surface area contributed by atoms with E-state index >= 15 is 0 Å². The van der Waals surface area contributed by atoms with Gasteiger partial charge in [-0.15, -0.1) is 0 Å². The summed E-state index contributed by atoms with van der Waals surface area (Å²) in [6.07, 6.45) is 7.17. The zero-order chi connectivity index (χ0) is 13.1. The van der Waals surface area contributed by atoms with Crippen LogP contribution in [-0.4, -0.2) is 14.6 Å². The number of nitriles is 1. The highest BCUT2D eigenvalue weighted by atomic mass is 15.2. The van der Waals surface area contributed by atoms with E-state index in [-0.39, 0.29) is 0 Å². The van der Waals surface area contributed by atoms with E-state index in [1.165, 1.54) is 6.20 Å². The van der Waals surface area contributed by atoms with Gasteiger partial charge in [-0.05, 0) is 17.7 Å². The first-order valence-electron chi connectivity index (χ1n) is 5.84. The van der Waals surface area contributed by atoms with Crippen molar-refractivity contribution in [3.05, 3.63) is 65.6 Å². The molecule has 0 atom stereocenters. The molecule has 0 unspecified atom stereocenters. The lowest BCUT2D eigenvalue weighted by atomic mass is 10.2. The number of benzene rings is 1. The fraction of sp³-hybridized carbons (Fsp3) is 0. The van der Waals surface area contributed by atoms with Gasteiger partial charge in [0.15, 0.2) is 5.65 Å². The van der Waals surface area contributed by atoms with E-state index in [4.69, 9.17) is 5.26 Å². The molecule has 0 aliphatic carbocycles. The lowest BCUT2D eigenvalue weighted by Gasteiger charge is -1.98. The van der Waals surface area contributed by atoms with Crippen molar-refractivity contribution in [3.63, 3.8) is 0 Å². The maximum absolute atomic E-state index is 8.96. The Morgan fingerprint density at radius 1 is 1.11 bits per heavy atom. The number of nitrogens with zero attached hydrogens (tertiary/aromatic N) is 4. The van der Waals surface area contributed by atoms with Gasteiger partial charge in [-0.25, -0.2) is 9.50 Å². The van der Waals surface area contributed by atoms with E-state index in [9.17, 15) is 0 Å². The van der Waals surface area contributed by atoms with Gasteiger partial charge < -0.3 is 0 Å². The van der Waals surface area contributed by atoms with Crippen LogP contribution in [0, 0.1) is 11.3 Å². The third kappa shape index (κ3) is 2.09. The van der Waals surface area contributed by atoms with E-state index in [1.807, 2.05) is 48.6 Å². The quantitative estimate of drug-likeness (QED) is 0.698. The molecule has 3 rings (SSSR count). The van der Waals surface area contributed by atoms with Crippen LogP contribution in [0.3, 0.4) is 0 Å². The summed E-state index contributed by atoms with van der Waals surface area (Å²) in [5.74, 6) is 0. The van der Waals surface area contributed by atoms with E-state index < -0.39 is 0 Å². The van der Waals surface area contributed by atoms with Crippen molar-refractivity contribution < 1.29 is 0 Å². The van der Waals surface area contributed by atoms with Crippen LogP contribution in [0.1, 0.15) is 16.8 Å². The molecule has 90 valence electrons. The molecular formula is C15H10N4. The van der Waals surface area contributed by atoms with Gasteiger partial charge in [0.25, 0.3) is 0 Å². The van der Waals surface area contributed by atoms with Crippen LogP contribution in [0.4, 0.5) is 0 Å². The van der Waals surface area contributed by atoms with Crippen LogP contribution in [0.5, 0.6) is 0 Å². The Bertz CT molecular complexity index is 779. The highest BCUT2D eigenvalue weighted by Gasteiger charge is 2.05. The van der Waals surface area contributed by atoms with Crippen LogP contribution in [-0.2, 0) is 0 Å². The Kier molecular flexibility index (Phi) is 2.79. The summed E-state index contributed by atoms with van der Waals surface area (Å²) in [7, 11) is 0. The minimum atomic E-state index is 0.481. The summed E-state index contributed by atoms with van der Waals surface area (Å²) in [6.45, 7) is 0. The van der Waals surface area contributed by atoms with Gasteiger partial charge >= 0.3 is 0 Å². The minimum absolute atomic E-state index is 0.481. The van der Waals surface area contributed by atoms with Crippen molar-refractivity contribution in [1.82, 2.24) is 14.6 Å². The summed E-state index contributed by atoms with van der Waals surface area (Å²) in [6, 6.07) is 14.0. The Labute approximate surface area is 110 Å². The smallest absolute Gasteiger partial charge is 0.173 e. The molecule has 0 saturated heterocycles. The molecule has 0 spiro atoms. The Morgan fingerprint density at radius 3 is 2.74 bits per heavy atom. The molecular weight excluding hydrogens is 236 g/mol. The summed E-state index contributed by atoms with van der Waals surface area (Å²) in [5.41, 5.74) is 3.06. The van der Waals surface area contributed by atoms with E-state index in [2.05, 4.69) is 16.2 Å². The molecule has 0 aliphatic heterocycles. The fourth-order valence-electron chi connectivity index (χ4n) is 1.86. The molecule has 0 aliphatic rings. The Balaban J connectivity index is 2.05. The maximum Gasteiger partial charge on any atom is 0.173 e. The number of hydrogen-bond donors (Lipinski definition) is 0. The van der Waals surface area contributed by atoms with Crippen molar-refractivity contribution in [3.8, 4) is 6.07 Å². The molecule has 0 amide bonds. The van der Waals surface area contributed by atoms with Gasteiger partial charge in [0.05, 0.1) is 11.9 Å². The normalized spacial score (nSPS) is 10.9. The van der Waals surface area contributed by atoms with Crippen LogP contribution >= 0.6 is 0 Å². The summed E-state index contributed by atoms with van der Waals surface area (Å²) >= 11 is 0. The van der Waals surface area contributed by atoms with Crippen LogP contribution in [0.2, 0.25) is 0 Å². The zero-order valence-electron chi connectivity index (χ0n) is 10.1. The van der Waals surface area contributed by atoms with Gasteiger partial charge in [0, 0.05) is 6.20 Å². The molecule has 0 bridgehead atoms. The number of hydrogen-bond acceptors (Lipinski definition) is 3. The number of rotatable bonds is 2. The van der Waals surface area contributed by atoms with Crippen LogP contribution in [0.25, 0.3) is 17.8 Å². The van der Waals surface area contributed by atoms with Crippen molar-refractivity contribution in [1.29, 1.82) is 5.26 Å². The minimum Gasteiger partial charge on any atom is -0.236 e. The van der Waals surface area contributed by atoms with Crippen molar-refractivity contribution in [2.45, 2.75) is 0 Å². The SMILES string of the molecule is N#Cc1cnn2c(/C=C/c3ccccc3)ccnc12. The molecule has 0 fully saturated rings. The monoisotopic (exact) mass is 246 g/mol. The second-order valence-corrected chi connectivity index (χ2v) is 4.02. The summed E-state index contributed by atoms with van der Waals surface area (Å²) < 4.78 is 1.66. The fourth-order valence-corrected chi connectivity index (χ4v) is 1.86. The summed E-state index contributed by atoms with van der Waals surface area (Å²) in [5, 5.41) is 13.1. The highest BCUT2D eigenvalue weighted by Crippen LogP contribution is 2.12. The molecule has 0 N–H and O–H groups in total. The number of fused-ring (bicyclic) bond motifs is 1. The second kappa shape index (κ2) is 4.75. The third-order valence-corrected chi connectivity index (χ3v) is 2.80. The molecule has 4 nitrogen and oxygen atoms in total. The maximum atomic E-state index is 8.96. The average molecular weight is 246 g/mol. The third-order valence-electron chi connectivity index (χ3n) is 2.80. The standard InChI is InChI=1S/C15H10N4/c16-10-13-11-18-19-14(8-9-17-15(13)19)7-6-12-4-2-1-3-5-12/h1-9,11H/b7-6+. The predicted octanol–water partition coefficient (Wildman–Crippen LogP) is 2.77. The highest BCUT2D eigenvalue weighted by molar-refractivity contribution is 5.69. The average Bonchev–Trinajstić information content (AvgIpc) is 2.90. The molecule has 2 aromatic heterocycles. The summed E-state index contributed by atoms with van der Waals surface area (Å²) in [4.78, 5) is 4.17. The van der Waals surface area contributed by atoms with E-state index in [1.54, 1.807) is 10.7 Å². The molecule has 0 radical (unpaired) electrons. The zero-order valence-corrected chi connectivity index (χ0v) is 10.1. The van der Waals surface area contributed by atoms with Crippen molar-refractivity contribution >= 4 is 17.8 Å². The van der Waals surface area contributed by atoms with Crippen molar-refractivity contribution in [2.24, 2.45) is 0 Å². The molecule has 3 aromatic rings. The van der Waals surface area contributed by atoms with Gasteiger partial charge in [-0.3, -0.25) is 0 Å². The van der Waals surface area contributed by atoms with E-state index in [0.717, 1.165) is 11.3 Å². The van der Waals surface area contributed by atoms with E-state index in [0.29, 0.717) is 11.2 Å². The van der Waals surface area contributed by atoms with Gasteiger partial charge in [-0.2, -0.15) is 10.4 Å². The Hall–Kier alpha value is -2.93. The first kappa shape index (κ1) is 11.2. The lowest BCUT2D eigenvalue weighted by Crippen LogP contribution is -1.94. The Morgan fingerprint density at radius 2 is 1.95 bits per heavy atom. The molecule has 4 heteroatoms. The first-order valence-corrected chi connectivity index (χ1v) is 5.84. The predicted molar refractivity (Wildman–Crippen MR) is 73.1 cm³/mol.